The molecule has 1 radical (unpaired) electrons. The van der Waals surface area contributed by atoms with Gasteiger partial charge in [0.2, 0.25) is 6.29 Å². The Hall–Kier alpha value is -1.31. The molecule has 0 saturated carbocycles. The molecule has 1 rings (SSSR count). The monoisotopic (exact) mass is 176 g/mol. The van der Waals surface area contributed by atoms with Crippen molar-refractivity contribution < 1.29 is 4.79 Å². The van der Waals surface area contributed by atoms with Crippen LogP contribution in [0.1, 0.15) is 19.4 Å². The van der Waals surface area contributed by atoms with E-state index < -0.39 is 0 Å². The van der Waals surface area contributed by atoms with Crippen molar-refractivity contribution in [3.05, 3.63) is 29.8 Å². The molecule has 0 spiro atoms. The lowest BCUT2D eigenvalue weighted by Gasteiger charge is -2.20. The Morgan fingerprint density at radius 2 is 2.00 bits per heavy atom. The van der Waals surface area contributed by atoms with Gasteiger partial charge < -0.3 is 4.90 Å². The van der Waals surface area contributed by atoms with Crippen LogP contribution >= 0.6 is 0 Å². The molecule has 0 atom stereocenters. The summed E-state index contributed by atoms with van der Waals surface area (Å²) in [4.78, 5) is 12.6. The van der Waals surface area contributed by atoms with Crippen LogP contribution in [0.15, 0.2) is 24.3 Å². The molecule has 0 aliphatic heterocycles. The molecule has 0 aliphatic carbocycles. The van der Waals surface area contributed by atoms with Gasteiger partial charge >= 0.3 is 0 Å². The van der Waals surface area contributed by atoms with E-state index >= 15 is 0 Å². The van der Waals surface area contributed by atoms with E-state index in [0.29, 0.717) is 5.56 Å². The van der Waals surface area contributed by atoms with E-state index in [9.17, 15) is 4.79 Å². The van der Waals surface area contributed by atoms with Crippen LogP contribution in [0.2, 0.25) is 0 Å². The predicted molar refractivity (Wildman–Crippen MR) is 54.8 cm³/mol. The van der Waals surface area contributed by atoms with Crippen molar-refractivity contribution in [1.29, 1.82) is 0 Å². The van der Waals surface area contributed by atoms with E-state index in [1.54, 1.807) is 6.07 Å². The van der Waals surface area contributed by atoms with E-state index in [1.165, 1.54) is 0 Å². The lowest BCUT2D eigenvalue weighted by Crippen LogP contribution is -2.21. The molecule has 2 nitrogen and oxygen atoms in total. The standard InChI is InChI=1S/C11H14NO/c1-3-12(4-2)11-7-5-6-10(8-11)9-13/h5-8H,3-4H2,1-2H3. The van der Waals surface area contributed by atoms with E-state index in [1.807, 2.05) is 24.5 Å². The molecule has 0 N–H and O–H groups in total. The summed E-state index contributed by atoms with van der Waals surface area (Å²) >= 11 is 0. The molecule has 69 valence electrons. The zero-order valence-corrected chi connectivity index (χ0v) is 8.08. The summed E-state index contributed by atoms with van der Waals surface area (Å²) in [5.74, 6) is 0. The highest BCUT2D eigenvalue weighted by molar-refractivity contribution is 5.77. The average molecular weight is 176 g/mol. The fourth-order valence-electron chi connectivity index (χ4n) is 1.35. The Labute approximate surface area is 79.2 Å². The summed E-state index contributed by atoms with van der Waals surface area (Å²) in [5.41, 5.74) is 1.70. The molecular weight excluding hydrogens is 162 g/mol. The smallest absolute Gasteiger partial charge is 0.233 e. The topological polar surface area (TPSA) is 20.3 Å². The zero-order chi connectivity index (χ0) is 9.68. The van der Waals surface area contributed by atoms with Gasteiger partial charge in [0.15, 0.2) is 0 Å². The Kier molecular flexibility index (Phi) is 3.50. The van der Waals surface area contributed by atoms with Gasteiger partial charge in [-0.3, -0.25) is 4.79 Å². The third-order valence-corrected chi connectivity index (χ3v) is 2.09. The number of hydrogen-bond acceptors (Lipinski definition) is 2. The first-order valence-corrected chi connectivity index (χ1v) is 4.55. The van der Waals surface area contributed by atoms with E-state index in [4.69, 9.17) is 0 Å². The minimum atomic E-state index is 0.615. The van der Waals surface area contributed by atoms with E-state index in [-0.39, 0.29) is 0 Å². The number of carbonyl (C=O) groups excluding carboxylic acids is 1. The lowest BCUT2D eigenvalue weighted by atomic mass is 10.2. The Bertz CT molecular complexity index is 279. The maximum atomic E-state index is 10.4. The zero-order valence-electron chi connectivity index (χ0n) is 8.08. The van der Waals surface area contributed by atoms with Gasteiger partial charge in [0.1, 0.15) is 0 Å². The first-order valence-electron chi connectivity index (χ1n) is 4.55. The van der Waals surface area contributed by atoms with Gasteiger partial charge in [-0.05, 0) is 26.0 Å². The molecule has 0 amide bonds. The summed E-state index contributed by atoms with van der Waals surface area (Å²) < 4.78 is 0. The minimum absolute atomic E-state index is 0.615. The minimum Gasteiger partial charge on any atom is -0.372 e. The summed E-state index contributed by atoms with van der Waals surface area (Å²) in [6.07, 6.45) is 1.89. The van der Waals surface area contributed by atoms with Crippen LogP contribution in [0.25, 0.3) is 0 Å². The van der Waals surface area contributed by atoms with Crippen LogP contribution in [0.5, 0.6) is 0 Å². The highest BCUT2D eigenvalue weighted by atomic mass is 16.1. The van der Waals surface area contributed by atoms with Crippen molar-refractivity contribution >= 4 is 12.0 Å². The Morgan fingerprint density at radius 3 is 2.54 bits per heavy atom. The Balaban J connectivity index is 2.92. The lowest BCUT2D eigenvalue weighted by molar-refractivity contribution is 0.562. The van der Waals surface area contributed by atoms with Gasteiger partial charge in [0.25, 0.3) is 0 Å². The normalized spacial score (nSPS) is 9.69. The van der Waals surface area contributed by atoms with Crippen molar-refractivity contribution in [1.82, 2.24) is 0 Å². The largest absolute Gasteiger partial charge is 0.372 e. The van der Waals surface area contributed by atoms with Gasteiger partial charge in [-0.1, -0.05) is 12.1 Å². The first kappa shape index (κ1) is 9.78. The average Bonchev–Trinajstić information content (AvgIpc) is 2.20. The van der Waals surface area contributed by atoms with Crippen LogP contribution in [0, 0.1) is 0 Å². The van der Waals surface area contributed by atoms with Crippen LogP contribution in [0.4, 0.5) is 5.69 Å². The third kappa shape index (κ3) is 2.31. The molecule has 2 heteroatoms. The van der Waals surface area contributed by atoms with Crippen molar-refractivity contribution in [2.75, 3.05) is 18.0 Å². The fraction of sp³-hybridized carbons (Fsp3) is 0.364. The second-order valence-electron chi connectivity index (χ2n) is 2.82. The molecule has 0 fully saturated rings. The highest BCUT2D eigenvalue weighted by Gasteiger charge is 2.01. The molecule has 0 heterocycles. The SMILES string of the molecule is CCN(CC)c1cccc([C]=O)c1. The maximum absolute atomic E-state index is 10.4. The van der Waals surface area contributed by atoms with E-state index in [0.717, 1.165) is 18.8 Å². The fourth-order valence-corrected chi connectivity index (χ4v) is 1.35. The number of anilines is 1. The molecular formula is C11H14NO. The van der Waals surface area contributed by atoms with Crippen LogP contribution in [-0.2, 0) is 4.79 Å². The Morgan fingerprint density at radius 1 is 1.31 bits per heavy atom. The second kappa shape index (κ2) is 4.65. The number of rotatable bonds is 4. The molecule has 0 saturated heterocycles. The van der Waals surface area contributed by atoms with Gasteiger partial charge in [0, 0.05) is 24.3 Å². The molecule has 0 unspecified atom stereocenters. The number of nitrogens with zero attached hydrogens (tertiary/aromatic N) is 1. The van der Waals surface area contributed by atoms with Gasteiger partial charge in [0.05, 0.1) is 0 Å². The second-order valence-corrected chi connectivity index (χ2v) is 2.82. The van der Waals surface area contributed by atoms with Crippen molar-refractivity contribution in [2.24, 2.45) is 0 Å². The molecule has 1 aromatic carbocycles. The van der Waals surface area contributed by atoms with Gasteiger partial charge in [-0.25, -0.2) is 0 Å². The highest BCUT2D eigenvalue weighted by Crippen LogP contribution is 2.14. The van der Waals surface area contributed by atoms with Crippen molar-refractivity contribution in [3.8, 4) is 0 Å². The summed E-state index contributed by atoms with van der Waals surface area (Å²) in [6, 6.07) is 7.52. The molecule has 0 aromatic heterocycles. The maximum Gasteiger partial charge on any atom is 0.233 e. The van der Waals surface area contributed by atoms with E-state index in [2.05, 4.69) is 18.7 Å². The number of hydrogen-bond donors (Lipinski definition) is 0. The quantitative estimate of drug-likeness (QED) is 0.699. The van der Waals surface area contributed by atoms with Gasteiger partial charge in [-0.2, -0.15) is 0 Å². The summed E-state index contributed by atoms with van der Waals surface area (Å²) in [5, 5.41) is 0. The van der Waals surface area contributed by atoms with Gasteiger partial charge in [-0.15, -0.1) is 0 Å². The summed E-state index contributed by atoms with van der Waals surface area (Å²) in [7, 11) is 0. The molecule has 0 aliphatic rings. The van der Waals surface area contributed by atoms with Crippen LogP contribution in [-0.4, -0.2) is 19.4 Å². The summed E-state index contributed by atoms with van der Waals surface area (Å²) in [6.45, 7) is 6.11. The molecule has 13 heavy (non-hydrogen) atoms. The molecule has 1 aromatic rings. The number of benzene rings is 1. The van der Waals surface area contributed by atoms with Crippen molar-refractivity contribution in [2.45, 2.75) is 13.8 Å². The van der Waals surface area contributed by atoms with Crippen molar-refractivity contribution in [3.63, 3.8) is 0 Å². The first-order chi connectivity index (χ1) is 6.31. The third-order valence-electron chi connectivity index (χ3n) is 2.09. The van der Waals surface area contributed by atoms with Crippen LogP contribution < -0.4 is 4.90 Å². The van der Waals surface area contributed by atoms with Crippen LogP contribution in [0.3, 0.4) is 0 Å². The predicted octanol–water partition coefficient (Wildman–Crippen LogP) is 1.99. The molecule has 0 bridgehead atoms.